The number of hydrogen-bond acceptors (Lipinski definition) is 3. The molecule has 0 bridgehead atoms. The zero-order valence-electron chi connectivity index (χ0n) is 10.7. The zero-order valence-corrected chi connectivity index (χ0v) is 11.5. The summed E-state index contributed by atoms with van der Waals surface area (Å²) in [5.41, 5.74) is 0.686. The molecule has 0 spiro atoms. The number of aromatic carboxylic acids is 1. The van der Waals surface area contributed by atoms with Gasteiger partial charge >= 0.3 is 5.97 Å². The Hall–Kier alpha value is -1.40. The van der Waals surface area contributed by atoms with Gasteiger partial charge in [0.15, 0.2) is 0 Å². The summed E-state index contributed by atoms with van der Waals surface area (Å²) in [6.45, 7) is 2.49. The van der Waals surface area contributed by atoms with Crippen molar-refractivity contribution in [2.24, 2.45) is 5.41 Å². The molecule has 2 rings (SSSR count). The van der Waals surface area contributed by atoms with Gasteiger partial charge in [0, 0.05) is 6.54 Å². The molecule has 0 amide bonds. The van der Waals surface area contributed by atoms with Gasteiger partial charge in [-0.1, -0.05) is 19.1 Å². The summed E-state index contributed by atoms with van der Waals surface area (Å²) < 4.78 is 26.4. The van der Waals surface area contributed by atoms with Crippen molar-refractivity contribution in [3.8, 4) is 0 Å². The van der Waals surface area contributed by atoms with Crippen molar-refractivity contribution in [2.45, 2.75) is 25.5 Å². The van der Waals surface area contributed by atoms with Gasteiger partial charge < -0.3 is 5.11 Å². The van der Waals surface area contributed by atoms with Crippen molar-refractivity contribution in [1.82, 2.24) is 4.72 Å². The summed E-state index contributed by atoms with van der Waals surface area (Å²) in [6.07, 6.45) is 2.09. The number of sulfonamides is 1. The summed E-state index contributed by atoms with van der Waals surface area (Å²) in [7, 11) is -3.41. The van der Waals surface area contributed by atoms with Gasteiger partial charge in [-0.2, -0.15) is 0 Å². The molecule has 0 aliphatic heterocycles. The fourth-order valence-corrected chi connectivity index (χ4v) is 3.03. The fourth-order valence-electron chi connectivity index (χ4n) is 1.74. The van der Waals surface area contributed by atoms with Crippen LogP contribution in [0.5, 0.6) is 0 Å². The number of hydrogen-bond donors (Lipinski definition) is 2. The second-order valence-corrected chi connectivity index (χ2v) is 7.20. The van der Waals surface area contributed by atoms with Crippen molar-refractivity contribution in [3.63, 3.8) is 0 Å². The summed E-state index contributed by atoms with van der Waals surface area (Å²) in [6, 6.07) is 6.00. The lowest BCUT2D eigenvalue weighted by Crippen LogP contribution is -2.30. The van der Waals surface area contributed by atoms with Gasteiger partial charge in [0.25, 0.3) is 0 Å². The Morgan fingerprint density at radius 1 is 1.42 bits per heavy atom. The van der Waals surface area contributed by atoms with Gasteiger partial charge in [-0.05, 0) is 36.0 Å². The van der Waals surface area contributed by atoms with E-state index in [1.807, 2.05) is 6.92 Å². The minimum absolute atomic E-state index is 0.0989. The van der Waals surface area contributed by atoms with E-state index in [-0.39, 0.29) is 16.7 Å². The molecule has 1 aromatic carbocycles. The number of nitrogens with one attached hydrogen (secondary N) is 1. The predicted molar refractivity (Wildman–Crippen MR) is 71.4 cm³/mol. The SMILES string of the molecule is CC1(CNS(=O)(=O)Cc2cccc(C(=O)O)c2)CC1. The van der Waals surface area contributed by atoms with Crippen molar-refractivity contribution >= 4 is 16.0 Å². The molecule has 6 heteroatoms. The number of benzene rings is 1. The molecule has 1 fully saturated rings. The molecule has 1 aromatic rings. The molecular weight excluding hydrogens is 266 g/mol. The monoisotopic (exact) mass is 283 g/mol. The highest BCUT2D eigenvalue weighted by Crippen LogP contribution is 2.44. The molecule has 0 atom stereocenters. The Kier molecular flexibility index (Phi) is 3.64. The standard InChI is InChI=1S/C13H17NO4S/c1-13(5-6-13)9-14-19(17,18)8-10-3-2-4-11(7-10)12(15)16/h2-4,7,14H,5-6,8-9H2,1H3,(H,15,16). The molecular formula is C13H17NO4S. The first-order chi connectivity index (χ1) is 8.80. The van der Waals surface area contributed by atoms with Crippen LogP contribution >= 0.6 is 0 Å². The summed E-state index contributed by atoms with van der Waals surface area (Å²) >= 11 is 0. The molecule has 1 saturated carbocycles. The highest BCUT2D eigenvalue weighted by molar-refractivity contribution is 7.88. The molecule has 0 saturated heterocycles. The van der Waals surface area contributed by atoms with Gasteiger partial charge in [0.1, 0.15) is 0 Å². The molecule has 104 valence electrons. The van der Waals surface area contributed by atoms with Crippen LogP contribution in [-0.2, 0) is 15.8 Å². The van der Waals surface area contributed by atoms with Crippen molar-refractivity contribution in [2.75, 3.05) is 6.54 Å². The Morgan fingerprint density at radius 2 is 2.11 bits per heavy atom. The predicted octanol–water partition coefficient (Wildman–Crippen LogP) is 1.60. The molecule has 19 heavy (non-hydrogen) atoms. The largest absolute Gasteiger partial charge is 0.478 e. The first-order valence-corrected chi connectivity index (χ1v) is 7.75. The van der Waals surface area contributed by atoms with E-state index >= 15 is 0 Å². The zero-order chi connectivity index (χ0) is 14.1. The minimum Gasteiger partial charge on any atom is -0.478 e. The highest BCUT2D eigenvalue weighted by atomic mass is 32.2. The number of rotatable bonds is 6. The van der Waals surface area contributed by atoms with E-state index in [9.17, 15) is 13.2 Å². The van der Waals surface area contributed by atoms with E-state index in [1.165, 1.54) is 12.1 Å². The lowest BCUT2D eigenvalue weighted by Gasteiger charge is -2.11. The van der Waals surface area contributed by atoms with Crippen LogP contribution in [0, 0.1) is 5.41 Å². The van der Waals surface area contributed by atoms with Crippen molar-refractivity contribution in [1.29, 1.82) is 0 Å². The maximum absolute atomic E-state index is 11.9. The number of carboxylic acid groups (broad SMARTS) is 1. The normalized spacial score (nSPS) is 17.1. The van der Waals surface area contributed by atoms with E-state index in [4.69, 9.17) is 5.11 Å². The van der Waals surface area contributed by atoms with Crippen LogP contribution in [0.2, 0.25) is 0 Å². The first kappa shape index (κ1) is 14.0. The maximum atomic E-state index is 11.9. The molecule has 0 heterocycles. The van der Waals surface area contributed by atoms with E-state index in [2.05, 4.69) is 4.72 Å². The van der Waals surface area contributed by atoms with Crippen LogP contribution in [0.3, 0.4) is 0 Å². The molecule has 5 nitrogen and oxygen atoms in total. The Labute approximate surface area is 112 Å². The van der Waals surface area contributed by atoms with Crippen LogP contribution in [0.1, 0.15) is 35.7 Å². The molecule has 2 N–H and O–H groups in total. The average molecular weight is 283 g/mol. The van der Waals surface area contributed by atoms with Gasteiger partial charge in [-0.25, -0.2) is 17.9 Å². The lowest BCUT2D eigenvalue weighted by atomic mass is 10.1. The maximum Gasteiger partial charge on any atom is 0.335 e. The van der Waals surface area contributed by atoms with E-state index in [1.54, 1.807) is 12.1 Å². The second-order valence-electron chi connectivity index (χ2n) is 5.40. The smallest absolute Gasteiger partial charge is 0.335 e. The lowest BCUT2D eigenvalue weighted by molar-refractivity contribution is 0.0696. The van der Waals surface area contributed by atoms with Crippen LogP contribution in [-0.4, -0.2) is 26.0 Å². The van der Waals surface area contributed by atoms with Gasteiger partial charge in [0.05, 0.1) is 11.3 Å². The quantitative estimate of drug-likeness (QED) is 0.830. The Morgan fingerprint density at radius 3 is 2.68 bits per heavy atom. The second kappa shape index (κ2) is 4.94. The van der Waals surface area contributed by atoms with Crippen LogP contribution in [0.25, 0.3) is 0 Å². The minimum atomic E-state index is -3.41. The van der Waals surface area contributed by atoms with Gasteiger partial charge in [-0.15, -0.1) is 0 Å². The molecule has 1 aliphatic rings. The van der Waals surface area contributed by atoms with Crippen LogP contribution in [0.15, 0.2) is 24.3 Å². The Balaban J connectivity index is 2.02. The summed E-state index contributed by atoms with van der Waals surface area (Å²) in [5.74, 6) is -1.25. The van der Waals surface area contributed by atoms with Crippen molar-refractivity contribution in [3.05, 3.63) is 35.4 Å². The molecule has 0 unspecified atom stereocenters. The third-order valence-corrected chi connectivity index (χ3v) is 4.65. The van der Waals surface area contributed by atoms with Crippen LogP contribution < -0.4 is 4.72 Å². The molecule has 1 aliphatic carbocycles. The van der Waals surface area contributed by atoms with Gasteiger partial charge in [-0.3, -0.25) is 0 Å². The first-order valence-electron chi connectivity index (χ1n) is 6.09. The van der Waals surface area contributed by atoms with Crippen molar-refractivity contribution < 1.29 is 18.3 Å². The van der Waals surface area contributed by atoms with Gasteiger partial charge in [0.2, 0.25) is 10.0 Å². The topological polar surface area (TPSA) is 83.5 Å². The summed E-state index contributed by atoms with van der Waals surface area (Å²) in [4.78, 5) is 10.8. The third kappa shape index (κ3) is 4.04. The Bertz CT molecular complexity index is 590. The molecule has 0 radical (unpaired) electrons. The number of carbonyl (C=O) groups is 1. The van der Waals surface area contributed by atoms with E-state index in [0.717, 1.165) is 12.8 Å². The van der Waals surface area contributed by atoms with E-state index in [0.29, 0.717) is 12.1 Å². The highest BCUT2D eigenvalue weighted by Gasteiger charge is 2.37. The summed E-state index contributed by atoms with van der Waals surface area (Å²) in [5, 5.41) is 8.86. The third-order valence-electron chi connectivity index (χ3n) is 3.35. The average Bonchev–Trinajstić information content (AvgIpc) is 3.06. The molecule has 0 aromatic heterocycles. The number of carboxylic acids is 1. The fraction of sp³-hybridized carbons (Fsp3) is 0.462. The van der Waals surface area contributed by atoms with Crippen LogP contribution in [0.4, 0.5) is 0 Å². The van der Waals surface area contributed by atoms with E-state index < -0.39 is 16.0 Å².